The van der Waals surface area contributed by atoms with Gasteiger partial charge in [0.25, 0.3) is 0 Å². The number of carbonyl (C=O) groups excluding carboxylic acids is 2. The minimum absolute atomic E-state index is 0.258. The van der Waals surface area contributed by atoms with E-state index in [2.05, 4.69) is 4.98 Å². The third-order valence-electron chi connectivity index (χ3n) is 1.72. The van der Waals surface area contributed by atoms with Crippen molar-refractivity contribution < 1.29 is 19.1 Å². The standard InChI is InChI=1S/C11H13NO4S/c1-3-15-10(13)8(2)16-11(14)17-9-6-4-5-7-12-9/h4-8H,3H2,1-2H3. The highest BCUT2D eigenvalue weighted by Gasteiger charge is 2.19. The number of esters is 1. The molecule has 1 heterocycles. The molecule has 0 saturated carbocycles. The summed E-state index contributed by atoms with van der Waals surface area (Å²) in [4.78, 5) is 26.6. The number of thioether (sulfide) groups is 1. The molecule has 0 aromatic carbocycles. The number of carbonyl (C=O) groups is 2. The van der Waals surface area contributed by atoms with Gasteiger partial charge in [0.1, 0.15) is 5.03 Å². The molecule has 5 nitrogen and oxygen atoms in total. The lowest BCUT2D eigenvalue weighted by Crippen LogP contribution is -2.24. The maximum Gasteiger partial charge on any atom is 0.374 e. The summed E-state index contributed by atoms with van der Waals surface area (Å²) in [6.07, 6.45) is 0.670. The largest absolute Gasteiger partial charge is 0.463 e. The van der Waals surface area contributed by atoms with Crippen molar-refractivity contribution in [2.24, 2.45) is 0 Å². The van der Waals surface area contributed by atoms with Crippen LogP contribution in [0.5, 0.6) is 0 Å². The molecule has 17 heavy (non-hydrogen) atoms. The van der Waals surface area contributed by atoms with E-state index in [1.54, 1.807) is 31.3 Å². The predicted octanol–water partition coefficient (Wildman–Crippen LogP) is 2.26. The quantitative estimate of drug-likeness (QED) is 0.607. The van der Waals surface area contributed by atoms with Crippen LogP contribution in [0.25, 0.3) is 0 Å². The molecule has 0 N–H and O–H groups in total. The Hall–Kier alpha value is -1.56. The van der Waals surface area contributed by atoms with Gasteiger partial charge in [0, 0.05) is 18.0 Å². The minimum atomic E-state index is -0.904. The Morgan fingerprint density at radius 1 is 1.47 bits per heavy atom. The smallest absolute Gasteiger partial charge is 0.374 e. The van der Waals surface area contributed by atoms with Crippen molar-refractivity contribution in [2.75, 3.05) is 6.61 Å². The Kier molecular flexibility index (Phi) is 5.48. The lowest BCUT2D eigenvalue weighted by atomic mass is 10.4. The highest BCUT2D eigenvalue weighted by atomic mass is 32.2. The van der Waals surface area contributed by atoms with Gasteiger partial charge in [-0.15, -0.1) is 0 Å². The van der Waals surface area contributed by atoms with Crippen molar-refractivity contribution in [3.8, 4) is 0 Å². The van der Waals surface area contributed by atoms with Crippen LogP contribution < -0.4 is 0 Å². The summed E-state index contributed by atoms with van der Waals surface area (Å²) in [6.45, 7) is 3.41. The number of hydrogen-bond acceptors (Lipinski definition) is 6. The average Bonchev–Trinajstić information content (AvgIpc) is 2.30. The summed E-state index contributed by atoms with van der Waals surface area (Å²) in [5, 5.41) is -0.0576. The first-order valence-corrected chi connectivity index (χ1v) is 5.91. The van der Waals surface area contributed by atoms with Crippen molar-refractivity contribution in [3.63, 3.8) is 0 Å². The fraction of sp³-hybridized carbons (Fsp3) is 0.364. The molecule has 1 unspecified atom stereocenters. The van der Waals surface area contributed by atoms with Gasteiger partial charge < -0.3 is 9.47 Å². The molecule has 0 aliphatic carbocycles. The van der Waals surface area contributed by atoms with Gasteiger partial charge in [0.15, 0.2) is 6.10 Å². The molecule has 0 bridgehead atoms. The van der Waals surface area contributed by atoms with Crippen LogP contribution in [0, 0.1) is 0 Å². The first-order valence-electron chi connectivity index (χ1n) is 5.09. The molecule has 0 radical (unpaired) electrons. The summed E-state index contributed by atoms with van der Waals surface area (Å²) in [6, 6.07) is 5.19. The molecule has 0 saturated heterocycles. The Labute approximate surface area is 104 Å². The van der Waals surface area contributed by atoms with Crippen LogP contribution in [-0.4, -0.2) is 29.0 Å². The Balaban J connectivity index is 2.42. The third-order valence-corrected chi connectivity index (χ3v) is 2.43. The van der Waals surface area contributed by atoms with Crippen LogP contribution in [0.15, 0.2) is 29.4 Å². The second kappa shape index (κ2) is 6.90. The molecule has 6 heteroatoms. The Morgan fingerprint density at radius 3 is 2.82 bits per heavy atom. The van der Waals surface area contributed by atoms with Gasteiger partial charge in [-0.1, -0.05) is 6.07 Å². The molecule has 1 aromatic heterocycles. The molecule has 92 valence electrons. The fourth-order valence-corrected chi connectivity index (χ4v) is 1.59. The number of ether oxygens (including phenoxy) is 2. The van der Waals surface area contributed by atoms with E-state index in [4.69, 9.17) is 9.47 Å². The van der Waals surface area contributed by atoms with E-state index in [0.717, 1.165) is 11.8 Å². The predicted molar refractivity (Wildman–Crippen MR) is 62.7 cm³/mol. The Bertz CT molecular complexity index is 382. The second-order valence-electron chi connectivity index (χ2n) is 3.03. The van der Waals surface area contributed by atoms with E-state index in [1.807, 2.05) is 0 Å². The van der Waals surface area contributed by atoms with Crippen LogP contribution in [0.2, 0.25) is 0 Å². The van der Waals surface area contributed by atoms with E-state index in [0.29, 0.717) is 5.03 Å². The minimum Gasteiger partial charge on any atom is -0.463 e. The van der Waals surface area contributed by atoms with Crippen molar-refractivity contribution >= 4 is 23.0 Å². The van der Waals surface area contributed by atoms with Crippen molar-refractivity contribution in [2.45, 2.75) is 25.0 Å². The van der Waals surface area contributed by atoms with Crippen molar-refractivity contribution in [3.05, 3.63) is 24.4 Å². The molecule has 0 fully saturated rings. The lowest BCUT2D eigenvalue weighted by Gasteiger charge is -2.10. The van der Waals surface area contributed by atoms with Crippen molar-refractivity contribution in [1.82, 2.24) is 4.98 Å². The molecule has 1 atom stereocenters. The van der Waals surface area contributed by atoms with E-state index in [1.165, 1.54) is 6.92 Å². The maximum absolute atomic E-state index is 11.4. The molecule has 0 spiro atoms. The number of pyridine rings is 1. The SMILES string of the molecule is CCOC(=O)C(C)OC(=O)Sc1ccccn1. The normalized spacial score (nSPS) is 11.6. The number of aromatic nitrogens is 1. The van der Waals surface area contributed by atoms with Crippen LogP contribution in [0.4, 0.5) is 4.79 Å². The summed E-state index contributed by atoms with van der Waals surface area (Å²) in [5.41, 5.74) is 0. The molecule has 0 aliphatic heterocycles. The van der Waals surface area contributed by atoms with E-state index in [9.17, 15) is 9.59 Å². The summed E-state index contributed by atoms with van der Waals surface area (Å²) >= 11 is 0.827. The highest BCUT2D eigenvalue weighted by Crippen LogP contribution is 2.17. The van der Waals surface area contributed by atoms with Crippen LogP contribution in [0.3, 0.4) is 0 Å². The molecular weight excluding hydrogens is 242 g/mol. The fourth-order valence-electron chi connectivity index (χ4n) is 0.969. The van der Waals surface area contributed by atoms with Gasteiger partial charge in [0.05, 0.1) is 6.61 Å². The third kappa shape index (κ3) is 4.86. The summed E-state index contributed by atoms with van der Waals surface area (Å²) < 4.78 is 9.59. The molecular formula is C11H13NO4S. The lowest BCUT2D eigenvalue weighted by molar-refractivity contribution is -0.151. The van der Waals surface area contributed by atoms with E-state index in [-0.39, 0.29) is 6.61 Å². The van der Waals surface area contributed by atoms with Gasteiger partial charge in [-0.3, -0.25) is 0 Å². The van der Waals surface area contributed by atoms with Gasteiger partial charge in [-0.25, -0.2) is 14.6 Å². The molecule has 0 aliphatic rings. The number of nitrogens with zero attached hydrogens (tertiary/aromatic N) is 1. The van der Waals surface area contributed by atoms with Gasteiger partial charge >= 0.3 is 11.3 Å². The van der Waals surface area contributed by atoms with E-state index < -0.39 is 17.4 Å². The molecule has 0 amide bonds. The van der Waals surface area contributed by atoms with Gasteiger partial charge in [-0.05, 0) is 26.0 Å². The summed E-state index contributed by atoms with van der Waals surface area (Å²) in [7, 11) is 0. The Morgan fingerprint density at radius 2 is 2.24 bits per heavy atom. The maximum atomic E-state index is 11.4. The van der Waals surface area contributed by atoms with Crippen molar-refractivity contribution in [1.29, 1.82) is 0 Å². The summed E-state index contributed by atoms with van der Waals surface area (Å²) in [5.74, 6) is -0.553. The zero-order valence-corrected chi connectivity index (χ0v) is 10.4. The van der Waals surface area contributed by atoms with Crippen LogP contribution in [-0.2, 0) is 14.3 Å². The number of rotatable bonds is 4. The van der Waals surface area contributed by atoms with Crippen LogP contribution in [0.1, 0.15) is 13.8 Å². The van der Waals surface area contributed by atoms with Gasteiger partial charge in [-0.2, -0.15) is 0 Å². The van der Waals surface area contributed by atoms with Gasteiger partial charge in [0.2, 0.25) is 0 Å². The second-order valence-corrected chi connectivity index (χ2v) is 3.99. The highest BCUT2D eigenvalue weighted by molar-refractivity contribution is 8.13. The molecule has 1 rings (SSSR count). The van der Waals surface area contributed by atoms with E-state index >= 15 is 0 Å². The first-order chi connectivity index (χ1) is 8.13. The number of hydrogen-bond donors (Lipinski definition) is 0. The topological polar surface area (TPSA) is 65.5 Å². The zero-order chi connectivity index (χ0) is 12.7. The monoisotopic (exact) mass is 255 g/mol. The average molecular weight is 255 g/mol. The molecule has 1 aromatic rings. The first kappa shape index (κ1) is 13.5. The zero-order valence-electron chi connectivity index (χ0n) is 9.58. The van der Waals surface area contributed by atoms with Crippen LogP contribution >= 0.6 is 11.8 Å².